The summed E-state index contributed by atoms with van der Waals surface area (Å²) in [7, 11) is 0. The SMILES string of the molecule is N#CC(C#N)=C(NC1CCCCC1)[C@]1(C#N)[C@H](c2cccc(Br)c2)C1(C#N)C#N. The number of hydrogen-bond acceptors (Lipinski definition) is 6. The van der Waals surface area contributed by atoms with Gasteiger partial charge in [-0.2, -0.15) is 26.3 Å². The standard InChI is InChI=1S/C22H17BrN6/c23-17-6-4-5-15(9-17)19-21(12-26,13-27)22(19,14-28)20(16(10-24)11-25)29-18-7-2-1-3-8-18/h4-6,9,18-19,29H,1-3,7-8H2/t19-,22+/m1/s1. The van der Waals surface area contributed by atoms with Gasteiger partial charge in [-0.3, -0.25) is 0 Å². The normalized spacial score (nSPS) is 24.5. The van der Waals surface area contributed by atoms with Gasteiger partial charge in [0.1, 0.15) is 23.1 Å². The average Bonchev–Trinajstić information content (AvgIpc) is 3.38. The highest BCUT2D eigenvalue weighted by Crippen LogP contribution is 2.76. The van der Waals surface area contributed by atoms with Crippen LogP contribution in [0.15, 0.2) is 40.0 Å². The van der Waals surface area contributed by atoms with Crippen LogP contribution in [0.5, 0.6) is 0 Å². The van der Waals surface area contributed by atoms with E-state index in [4.69, 9.17) is 0 Å². The Morgan fingerprint density at radius 1 is 0.966 bits per heavy atom. The molecule has 6 nitrogen and oxygen atoms in total. The van der Waals surface area contributed by atoms with Crippen molar-refractivity contribution in [2.24, 2.45) is 10.8 Å². The summed E-state index contributed by atoms with van der Waals surface area (Å²) in [5.74, 6) is -0.768. The maximum absolute atomic E-state index is 10.2. The fraction of sp³-hybridized carbons (Fsp3) is 0.409. The molecule has 7 heteroatoms. The second kappa shape index (κ2) is 7.97. The first kappa shape index (κ1) is 20.4. The second-order valence-electron chi connectivity index (χ2n) is 7.39. The van der Waals surface area contributed by atoms with Gasteiger partial charge in [0.15, 0.2) is 5.41 Å². The van der Waals surface area contributed by atoms with Gasteiger partial charge in [0, 0.05) is 16.4 Å². The summed E-state index contributed by atoms with van der Waals surface area (Å²) in [6.07, 6.45) is 4.84. The molecule has 0 amide bonds. The van der Waals surface area contributed by atoms with E-state index < -0.39 is 16.7 Å². The first-order chi connectivity index (χ1) is 14.0. The molecule has 0 aliphatic heterocycles. The fourth-order valence-electron chi connectivity index (χ4n) is 4.51. The summed E-state index contributed by atoms with van der Waals surface area (Å²) in [5, 5.41) is 52.5. The van der Waals surface area contributed by atoms with E-state index in [0.29, 0.717) is 5.56 Å². The number of allylic oxidation sites excluding steroid dienone is 2. The Balaban J connectivity index is 2.20. The van der Waals surface area contributed by atoms with Crippen molar-refractivity contribution in [3.05, 3.63) is 45.6 Å². The molecule has 1 aromatic carbocycles. The van der Waals surface area contributed by atoms with Crippen LogP contribution in [0.2, 0.25) is 0 Å². The van der Waals surface area contributed by atoms with Gasteiger partial charge >= 0.3 is 0 Å². The van der Waals surface area contributed by atoms with E-state index in [-0.39, 0.29) is 17.3 Å². The van der Waals surface area contributed by atoms with Crippen LogP contribution >= 0.6 is 15.9 Å². The molecule has 2 atom stereocenters. The number of nitrogens with one attached hydrogen (secondary N) is 1. The van der Waals surface area contributed by atoms with Gasteiger partial charge in [-0.25, -0.2) is 0 Å². The van der Waals surface area contributed by atoms with E-state index in [2.05, 4.69) is 27.3 Å². The van der Waals surface area contributed by atoms with Crippen LogP contribution in [0, 0.1) is 67.5 Å². The maximum Gasteiger partial charge on any atom is 0.177 e. The molecule has 2 saturated carbocycles. The van der Waals surface area contributed by atoms with Gasteiger partial charge in [-0.1, -0.05) is 47.3 Å². The largest absolute Gasteiger partial charge is 0.383 e. The minimum atomic E-state index is -1.68. The zero-order chi connectivity index (χ0) is 21.1. The van der Waals surface area contributed by atoms with Crippen LogP contribution in [0.3, 0.4) is 0 Å². The maximum atomic E-state index is 10.2. The number of halogens is 1. The molecule has 2 aliphatic carbocycles. The summed E-state index contributed by atoms with van der Waals surface area (Å²) in [5.41, 5.74) is -2.77. The Kier molecular flexibility index (Phi) is 5.62. The Morgan fingerprint density at radius 2 is 1.62 bits per heavy atom. The van der Waals surface area contributed by atoms with Crippen molar-refractivity contribution in [3.8, 4) is 30.3 Å². The van der Waals surface area contributed by atoms with E-state index in [1.54, 1.807) is 18.2 Å². The van der Waals surface area contributed by atoms with Crippen molar-refractivity contribution < 1.29 is 0 Å². The third-order valence-corrected chi connectivity index (χ3v) is 6.43. The zero-order valence-corrected chi connectivity index (χ0v) is 17.2. The molecule has 2 aliphatic rings. The van der Waals surface area contributed by atoms with Gasteiger partial charge in [-0.15, -0.1) is 0 Å². The molecule has 0 spiro atoms. The van der Waals surface area contributed by atoms with E-state index in [9.17, 15) is 26.3 Å². The minimum absolute atomic E-state index is 0.000444. The summed E-state index contributed by atoms with van der Waals surface area (Å²) >= 11 is 3.39. The van der Waals surface area contributed by atoms with Gasteiger partial charge in [-0.05, 0) is 30.5 Å². The molecule has 2 fully saturated rings. The first-order valence-electron chi connectivity index (χ1n) is 9.35. The molecule has 0 heterocycles. The van der Waals surface area contributed by atoms with Crippen LogP contribution < -0.4 is 5.32 Å². The highest BCUT2D eigenvalue weighted by Gasteiger charge is 2.83. The number of hydrogen-bond donors (Lipinski definition) is 1. The summed E-state index contributed by atoms with van der Waals surface area (Å²) < 4.78 is 0.755. The highest BCUT2D eigenvalue weighted by molar-refractivity contribution is 9.10. The van der Waals surface area contributed by atoms with Crippen molar-refractivity contribution in [2.75, 3.05) is 0 Å². The van der Waals surface area contributed by atoms with Gasteiger partial charge in [0.2, 0.25) is 0 Å². The van der Waals surface area contributed by atoms with Gasteiger partial charge in [0.05, 0.1) is 23.9 Å². The topological polar surface area (TPSA) is 131 Å². The highest BCUT2D eigenvalue weighted by atomic mass is 79.9. The zero-order valence-electron chi connectivity index (χ0n) is 15.6. The predicted octanol–water partition coefficient (Wildman–Crippen LogP) is 4.31. The fourth-order valence-corrected chi connectivity index (χ4v) is 4.93. The smallest absolute Gasteiger partial charge is 0.177 e. The molecule has 1 N–H and O–H groups in total. The Labute approximate surface area is 178 Å². The molecule has 0 radical (unpaired) electrons. The lowest BCUT2D eigenvalue weighted by atomic mass is 9.87. The minimum Gasteiger partial charge on any atom is -0.383 e. The van der Waals surface area contributed by atoms with Crippen molar-refractivity contribution in [3.63, 3.8) is 0 Å². The Morgan fingerprint density at radius 3 is 2.14 bits per heavy atom. The number of nitrogens with zero attached hydrogens (tertiary/aromatic N) is 5. The van der Waals surface area contributed by atoms with E-state index in [1.807, 2.05) is 30.3 Å². The van der Waals surface area contributed by atoms with Crippen LogP contribution in [0.4, 0.5) is 0 Å². The molecule has 1 aromatic rings. The lowest BCUT2D eigenvalue weighted by molar-refractivity contribution is 0.380. The number of rotatable bonds is 4. The van der Waals surface area contributed by atoms with Crippen LogP contribution in [0.1, 0.15) is 43.6 Å². The quantitative estimate of drug-likeness (QED) is 0.687. The molecular formula is C22H17BrN6. The van der Waals surface area contributed by atoms with Crippen molar-refractivity contribution >= 4 is 15.9 Å². The van der Waals surface area contributed by atoms with E-state index in [1.165, 1.54) is 0 Å². The van der Waals surface area contributed by atoms with Gasteiger partial charge < -0.3 is 5.32 Å². The molecule has 0 unspecified atom stereocenters. The van der Waals surface area contributed by atoms with E-state index >= 15 is 0 Å². The van der Waals surface area contributed by atoms with Crippen LogP contribution in [-0.4, -0.2) is 6.04 Å². The molecule has 0 aromatic heterocycles. The van der Waals surface area contributed by atoms with Crippen molar-refractivity contribution in [1.29, 1.82) is 26.3 Å². The first-order valence-corrected chi connectivity index (χ1v) is 10.1. The molecule has 0 saturated heterocycles. The number of benzene rings is 1. The van der Waals surface area contributed by atoms with Crippen LogP contribution in [0.25, 0.3) is 0 Å². The van der Waals surface area contributed by atoms with Crippen LogP contribution in [-0.2, 0) is 0 Å². The molecular weight excluding hydrogens is 428 g/mol. The summed E-state index contributed by atoms with van der Waals surface area (Å²) in [6.45, 7) is 0. The lowest BCUT2D eigenvalue weighted by Gasteiger charge is -2.28. The Hall–Kier alpha value is -3.31. The van der Waals surface area contributed by atoms with Gasteiger partial charge in [0.25, 0.3) is 0 Å². The molecule has 142 valence electrons. The van der Waals surface area contributed by atoms with Crippen molar-refractivity contribution in [1.82, 2.24) is 5.32 Å². The monoisotopic (exact) mass is 444 g/mol. The predicted molar refractivity (Wildman–Crippen MR) is 107 cm³/mol. The van der Waals surface area contributed by atoms with E-state index in [0.717, 1.165) is 36.6 Å². The molecule has 3 rings (SSSR count). The summed E-state index contributed by atoms with van der Waals surface area (Å²) in [6, 6.07) is 17.1. The second-order valence-corrected chi connectivity index (χ2v) is 8.31. The Bertz CT molecular complexity index is 1030. The lowest BCUT2D eigenvalue weighted by Crippen LogP contribution is -2.36. The average molecular weight is 445 g/mol. The third-order valence-electron chi connectivity index (χ3n) is 5.94. The third kappa shape index (κ3) is 3.04. The molecule has 0 bridgehead atoms. The number of nitriles is 5. The molecule has 29 heavy (non-hydrogen) atoms. The summed E-state index contributed by atoms with van der Waals surface area (Å²) in [4.78, 5) is 0. The van der Waals surface area contributed by atoms with Crippen molar-refractivity contribution in [2.45, 2.75) is 44.1 Å².